The first-order chi connectivity index (χ1) is 11.5. The molecule has 2 saturated heterocycles. The van der Waals surface area contributed by atoms with Crippen LogP contribution >= 0.6 is 11.8 Å². The first-order valence-electron chi connectivity index (χ1n) is 7.92. The monoisotopic (exact) mass is 344 g/mol. The summed E-state index contributed by atoms with van der Waals surface area (Å²) in [5.74, 6) is -1.29. The Morgan fingerprint density at radius 2 is 2.12 bits per heavy atom. The molecule has 2 bridgehead atoms. The largest absolute Gasteiger partial charge is 0.477 e. The van der Waals surface area contributed by atoms with Crippen molar-refractivity contribution in [2.45, 2.75) is 30.3 Å². The number of carbonyl (C=O) groups excluding carboxylic acids is 1. The Bertz CT molecular complexity index is 871. The number of aliphatic carboxylic acids is 1. The Kier molecular flexibility index (Phi) is 2.69. The zero-order chi connectivity index (χ0) is 16.7. The van der Waals surface area contributed by atoms with E-state index in [0.29, 0.717) is 17.7 Å². The predicted octanol–water partition coefficient (Wildman–Crippen LogP) is 1.47. The van der Waals surface area contributed by atoms with Crippen LogP contribution in [0.15, 0.2) is 16.7 Å². The average molecular weight is 344 g/mol. The van der Waals surface area contributed by atoms with Crippen molar-refractivity contribution in [1.82, 2.24) is 19.6 Å². The molecule has 5 rings (SSSR count). The first kappa shape index (κ1) is 14.3. The molecular formula is C16H16N4O3S. The maximum absolute atomic E-state index is 12.4. The summed E-state index contributed by atoms with van der Waals surface area (Å²) in [6.45, 7) is 0. The number of fused-ring (bicyclic) bond motifs is 6. The average Bonchev–Trinajstić information content (AvgIpc) is 3.26. The second kappa shape index (κ2) is 4.52. The lowest BCUT2D eigenvalue weighted by atomic mass is 9.94. The van der Waals surface area contributed by atoms with Crippen molar-refractivity contribution in [2.24, 2.45) is 7.05 Å². The van der Waals surface area contributed by atoms with Crippen LogP contribution in [0.5, 0.6) is 0 Å². The molecule has 0 radical (unpaired) electrons. The summed E-state index contributed by atoms with van der Waals surface area (Å²) in [5, 5.41) is 15.1. The third-order valence-corrected chi connectivity index (χ3v) is 6.63. The summed E-state index contributed by atoms with van der Waals surface area (Å²) >= 11 is 1.36. The highest BCUT2D eigenvalue weighted by molar-refractivity contribution is 8.03. The molecule has 2 unspecified atom stereocenters. The number of thioether (sulfide) groups is 1. The lowest BCUT2D eigenvalue weighted by molar-refractivity contribution is -0.141. The van der Waals surface area contributed by atoms with Crippen molar-refractivity contribution in [3.63, 3.8) is 0 Å². The predicted molar refractivity (Wildman–Crippen MR) is 87.6 cm³/mol. The van der Waals surface area contributed by atoms with Crippen molar-refractivity contribution in [3.8, 4) is 0 Å². The highest BCUT2D eigenvalue weighted by atomic mass is 32.2. The topological polar surface area (TPSA) is 78.7 Å². The number of carbonyl (C=O) groups is 2. The van der Waals surface area contributed by atoms with Crippen LogP contribution in [0.4, 0.5) is 0 Å². The molecule has 1 aromatic rings. The van der Waals surface area contributed by atoms with Gasteiger partial charge in [0.05, 0.1) is 23.0 Å². The van der Waals surface area contributed by atoms with Gasteiger partial charge in [-0.2, -0.15) is 5.10 Å². The number of carboxylic acids is 1. The van der Waals surface area contributed by atoms with Crippen LogP contribution in [0.3, 0.4) is 0 Å². The van der Waals surface area contributed by atoms with Crippen LogP contribution in [0, 0.1) is 0 Å². The third-order valence-electron chi connectivity index (χ3n) is 5.55. The minimum atomic E-state index is -1.06. The quantitative estimate of drug-likeness (QED) is 0.646. The van der Waals surface area contributed by atoms with E-state index in [1.807, 2.05) is 17.8 Å². The lowest BCUT2D eigenvalue weighted by Gasteiger charge is -2.37. The summed E-state index contributed by atoms with van der Waals surface area (Å²) in [6, 6.07) is 0.796. The van der Waals surface area contributed by atoms with Gasteiger partial charge in [0.1, 0.15) is 11.1 Å². The van der Waals surface area contributed by atoms with Crippen LogP contribution in [0.1, 0.15) is 41.9 Å². The van der Waals surface area contributed by atoms with Gasteiger partial charge in [-0.3, -0.25) is 19.3 Å². The smallest absolute Gasteiger partial charge is 0.353 e. The molecule has 1 aromatic heterocycles. The third kappa shape index (κ3) is 1.55. The fourth-order valence-corrected chi connectivity index (χ4v) is 5.57. The van der Waals surface area contributed by atoms with Crippen molar-refractivity contribution >= 4 is 29.7 Å². The van der Waals surface area contributed by atoms with E-state index in [2.05, 4.69) is 17.0 Å². The number of aryl methyl sites for hydroxylation is 1. The fourth-order valence-electron chi connectivity index (χ4n) is 4.45. The van der Waals surface area contributed by atoms with E-state index in [-0.39, 0.29) is 17.0 Å². The van der Waals surface area contributed by atoms with Crippen molar-refractivity contribution in [1.29, 1.82) is 0 Å². The molecular weight excluding hydrogens is 328 g/mol. The van der Waals surface area contributed by atoms with Gasteiger partial charge in [-0.25, -0.2) is 4.79 Å². The number of nitrogens with zero attached hydrogens (tertiary/aromatic N) is 4. The first-order valence-corrected chi connectivity index (χ1v) is 8.86. The summed E-state index contributed by atoms with van der Waals surface area (Å²) < 4.78 is 1.94. The van der Waals surface area contributed by atoms with Gasteiger partial charge in [-0.05, 0) is 26.0 Å². The van der Waals surface area contributed by atoms with Crippen molar-refractivity contribution < 1.29 is 14.7 Å². The number of carboxylic acid groups (broad SMARTS) is 1. The Hall–Kier alpha value is -2.06. The van der Waals surface area contributed by atoms with Crippen LogP contribution in [-0.2, 0) is 16.6 Å². The molecule has 2 fully saturated rings. The van der Waals surface area contributed by atoms with Gasteiger partial charge in [0.2, 0.25) is 0 Å². The number of rotatable bonds is 2. The Morgan fingerprint density at radius 1 is 1.38 bits per heavy atom. The van der Waals surface area contributed by atoms with Gasteiger partial charge >= 0.3 is 5.97 Å². The zero-order valence-electron chi connectivity index (χ0n) is 13.3. The van der Waals surface area contributed by atoms with E-state index in [4.69, 9.17) is 5.11 Å². The van der Waals surface area contributed by atoms with Gasteiger partial charge in [0.15, 0.2) is 0 Å². The molecule has 3 atom stereocenters. The highest BCUT2D eigenvalue weighted by Crippen LogP contribution is 2.53. The minimum absolute atomic E-state index is 0.0668. The summed E-state index contributed by atoms with van der Waals surface area (Å²) in [4.78, 5) is 27.3. The lowest BCUT2D eigenvalue weighted by Crippen LogP contribution is -2.51. The number of amides is 1. The number of hydrogen-bond donors (Lipinski definition) is 1. The van der Waals surface area contributed by atoms with Crippen LogP contribution in [-0.4, -0.2) is 49.0 Å². The molecule has 1 amide bonds. The zero-order valence-corrected chi connectivity index (χ0v) is 14.1. The molecule has 5 heterocycles. The highest BCUT2D eigenvalue weighted by Gasteiger charge is 2.51. The Labute approximate surface area is 142 Å². The van der Waals surface area contributed by atoms with E-state index >= 15 is 0 Å². The molecule has 7 nitrogen and oxygen atoms in total. The molecule has 8 heteroatoms. The fraction of sp³-hybridized carbons (Fsp3) is 0.438. The van der Waals surface area contributed by atoms with Gasteiger partial charge in [-0.1, -0.05) is 0 Å². The SMILES string of the molecule is CN1C2CCC1c1c2c(/C=C2/C(=O)N3C(C(=O)O)=CS[C@H]23)nn1C. The number of β-lactam (4-membered cyclic amide) rings is 1. The minimum Gasteiger partial charge on any atom is -0.477 e. The molecule has 4 aliphatic rings. The van der Waals surface area contributed by atoms with Crippen molar-refractivity contribution in [3.05, 3.63) is 33.6 Å². The van der Waals surface area contributed by atoms with E-state index in [0.717, 1.165) is 18.5 Å². The van der Waals surface area contributed by atoms with Crippen molar-refractivity contribution in [2.75, 3.05) is 7.05 Å². The molecule has 0 aromatic carbocycles. The molecule has 124 valence electrons. The molecule has 0 aliphatic carbocycles. The number of aromatic nitrogens is 2. The molecule has 24 heavy (non-hydrogen) atoms. The van der Waals surface area contributed by atoms with Gasteiger partial charge in [-0.15, -0.1) is 11.8 Å². The van der Waals surface area contributed by atoms with E-state index in [1.54, 1.807) is 5.41 Å². The summed E-state index contributed by atoms with van der Waals surface area (Å²) in [6.07, 6.45) is 4.14. The van der Waals surface area contributed by atoms with Gasteiger partial charge < -0.3 is 5.11 Å². The Morgan fingerprint density at radius 3 is 2.88 bits per heavy atom. The van der Waals surface area contributed by atoms with E-state index < -0.39 is 5.97 Å². The molecule has 0 saturated carbocycles. The summed E-state index contributed by atoms with van der Waals surface area (Å²) in [5.41, 5.74) is 4.06. The molecule has 1 N–H and O–H groups in total. The van der Waals surface area contributed by atoms with Gasteiger partial charge in [0, 0.05) is 24.1 Å². The number of hydrogen-bond acceptors (Lipinski definition) is 5. The van der Waals surface area contributed by atoms with Crippen LogP contribution in [0.2, 0.25) is 0 Å². The van der Waals surface area contributed by atoms with Crippen LogP contribution < -0.4 is 0 Å². The maximum Gasteiger partial charge on any atom is 0.353 e. The molecule has 0 spiro atoms. The van der Waals surface area contributed by atoms with Crippen LogP contribution in [0.25, 0.3) is 6.08 Å². The maximum atomic E-state index is 12.4. The van der Waals surface area contributed by atoms with E-state index in [9.17, 15) is 9.59 Å². The van der Waals surface area contributed by atoms with E-state index in [1.165, 1.54) is 27.9 Å². The normalized spacial score (nSPS) is 32.2. The summed E-state index contributed by atoms with van der Waals surface area (Å²) in [7, 11) is 4.10. The second-order valence-electron chi connectivity index (χ2n) is 6.65. The standard InChI is InChI=1S/C16H16N4O3S/c1-18-9-3-4-10(18)13-12(9)8(17-19(13)2)5-7-14(21)20-11(16(22)23)6-24-15(7)20/h5-6,9-10,15H,3-4H2,1-2H3,(H,22,23)/b7-5-/t9?,10?,15-/m1/s1. The second-order valence-corrected chi connectivity index (χ2v) is 7.61. The van der Waals surface area contributed by atoms with Gasteiger partial charge in [0.25, 0.3) is 5.91 Å². The Balaban J connectivity index is 1.52. The molecule has 4 aliphatic heterocycles.